The van der Waals surface area contributed by atoms with Gasteiger partial charge in [0.15, 0.2) is 6.10 Å². The molecule has 0 spiro atoms. The Morgan fingerprint density at radius 2 is 2.25 bits per heavy atom. The first kappa shape index (κ1) is 16.8. The topological polar surface area (TPSA) is 74.2 Å². The Bertz CT molecular complexity index is 644. The fraction of sp³-hybridized carbons (Fsp3) is 0.556. The predicted molar refractivity (Wildman–Crippen MR) is 92.2 cm³/mol. The minimum Gasteiger partial charge on any atom is -0.394 e. The summed E-state index contributed by atoms with van der Waals surface area (Å²) in [5.74, 6) is 0. The summed E-state index contributed by atoms with van der Waals surface area (Å²) in [5.41, 5.74) is 4.49. The third kappa shape index (κ3) is 3.53. The summed E-state index contributed by atoms with van der Waals surface area (Å²) >= 11 is 0. The Kier molecular flexibility index (Phi) is 5.04. The lowest BCUT2D eigenvalue weighted by Crippen LogP contribution is -2.46. The summed E-state index contributed by atoms with van der Waals surface area (Å²) in [6.07, 6.45) is 2.36. The van der Waals surface area contributed by atoms with E-state index in [1.165, 1.54) is 11.1 Å². The van der Waals surface area contributed by atoms with E-state index in [4.69, 9.17) is 4.84 Å². The van der Waals surface area contributed by atoms with Gasteiger partial charge in [0.25, 0.3) is 0 Å². The van der Waals surface area contributed by atoms with Crippen molar-refractivity contribution in [3.05, 3.63) is 34.9 Å². The first-order valence-corrected chi connectivity index (χ1v) is 8.54. The zero-order valence-electron chi connectivity index (χ0n) is 14.3. The van der Waals surface area contributed by atoms with Gasteiger partial charge in [-0.3, -0.25) is 0 Å². The molecule has 1 fully saturated rings. The summed E-state index contributed by atoms with van der Waals surface area (Å²) < 4.78 is 0. The van der Waals surface area contributed by atoms with Crippen LogP contribution in [-0.4, -0.2) is 53.6 Å². The smallest absolute Gasteiger partial charge is 0.317 e. The normalized spacial score (nSPS) is 23.1. The van der Waals surface area contributed by atoms with Crippen molar-refractivity contribution < 1.29 is 14.7 Å². The number of aryl methyl sites for hydroxylation is 2. The molecule has 1 aromatic rings. The number of nitrogens with zero attached hydrogens (tertiary/aromatic N) is 2. The zero-order valence-corrected chi connectivity index (χ0v) is 14.3. The van der Waals surface area contributed by atoms with Gasteiger partial charge in [-0.05, 0) is 49.4 Å². The number of amides is 2. The van der Waals surface area contributed by atoms with Crippen molar-refractivity contribution in [2.45, 2.75) is 45.3 Å². The van der Waals surface area contributed by atoms with Crippen molar-refractivity contribution in [1.29, 1.82) is 0 Å². The van der Waals surface area contributed by atoms with E-state index in [0.717, 1.165) is 24.1 Å². The van der Waals surface area contributed by atoms with Crippen molar-refractivity contribution in [3.8, 4) is 0 Å². The third-order valence-electron chi connectivity index (χ3n) is 4.90. The van der Waals surface area contributed by atoms with Crippen LogP contribution in [0.25, 0.3) is 0 Å². The number of nitrogens with one attached hydrogen (secondary N) is 1. The molecule has 2 atom stereocenters. The summed E-state index contributed by atoms with van der Waals surface area (Å²) in [6.45, 7) is 5.31. The average Bonchev–Trinajstić information content (AvgIpc) is 3.24. The van der Waals surface area contributed by atoms with E-state index in [9.17, 15) is 9.90 Å². The maximum absolute atomic E-state index is 12.2. The second kappa shape index (κ2) is 7.21. The van der Waals surface area contributed by atoms with Crippen LogP contribution in [0.2, 0.25) is 0 Å². The molecule has 0 saturated carbocycles. The van der Waals surface area contributed by atoms with Gasteiger partial charge in [0.2, 0.25) is 0 Å². The molecule has 6 nitrogen and oxygen atoms in total. The highest BCUT2D eigenvalue weighted by atomic mass is 16.6. The van der Waals surface area contributed by atoms with Crippen molar-refractivity contribution in [2.24, 2.45) is 5.16 Å². The largest absolute Gasteiger partial charge is 0.394 e. The quantitative estimate of drug-likeness (QED) is 0.886. The number of oxime groups is 1. The van der Waals surface area contributed by atoms with Crippen LogP contribution < -0.4 is 5.32 Å². The molecule has 2 heterocycles. The fourth-order valence-corrected chi connectivity index (χ4v) is 3.22. The monoisotopic (exact) mass is 331 g/mol. The first-order valence-electron chi connectivity index (χ1n) is 8.54. The second-order valence-corrected chi connectivity index (χ2v) is 6.63. The minimum absolute atomic E-state index is 0.0212. The number of hydrogen-bond acceptors (Lipinski definition) is 4. The number of carbonyl (C=O) groups excluding carboxylic acids is 1. The molecular weight excluding hydrogens is 306 g/mol. The molecule has 0 aromatic heterocycles. The standard InChI is InChI=1S/C18H25N3O3/c1-12-5-6-14(8-13(12)2)17-9-16(24-20-17)10-19-18(23)21-7-3-4-15(21)11-22/h5-6,8,15-16,22H,3-4,7,9-11H2,1-2H3,(H,19,23)/t15-,16+/m0/s1. The second-order valence-electron chi connectivity index (χ2n) is 6.63. The van der Waals surface area contributed by atoms with Gasteiger partial charge in [-0.2, -0.15) is 0 Å². The Hall–Kier alpha value is -2.08. The molecule has 3 rings (SSSR count). The predicted octanol–water partition coefficient (Wildman–Crippen LogP) is 1.96. The van der Waals surface area contributed by atoms with Crippen LogP contribution >= 0.6 is 0 Å². The summed E-state index contributed by atoms with van der Waals surface area (Å²) in [5, 5.41) is 16.4. The van der Waals surface area contributed by atoms with E-state index in [2.05, 4.69) is 42.5 Å². The Morgan fingerprint density at radius 1 is 1.42 bits per heavy atom. The number of rotatable bonds is 4. The highest BCUT2D eigenvalue weighted by Crippen LogP contribution is 2.20. The minimum atomic E-state index is -0.138. The lowest BCUT2D eigenvalue weighted by atomic mass is 10.0. The van der Waals surface area contributed by atoms with Gasteiger partial charge in [0.1, 0.15) is 0 Å². The van der Waals surface area contributed by atoms with E-state index < -0.39 is 0 Å². The molecule has 130 valence electrons. The van der Waals surface area contributed by atoms with Crippen molar-refractivity contribution >= 4 is 11.7 Å². The van der Waals surface area contributed by atoms with E-state index in [1.54, 1.807) is 4.90 Å². The fourth-order valence-electron chi connectivity index (χ4n) is 3.22. The number of urea groups is 1. The number of aliphatic hydroxyl groups excluding tert-OH is 1. The molecule has 0 bridgehead atoms. The molecule has 0 aliphatic carbocycles. The van der Waals surface area contributed by atoms with Gasteiger partial charge in [-0.25, -0.2) is 4.79 Å². The van der Waals surface area contributed by atoms with Crippen LogP contribution in [0.15, 0.2) is 23.4 Å². The van der Waals surface area contributed by atoms with Crippen LogP contribution in [0.5, 0.6) is 0 Å². The number of carbonyl (C=O) groups is 1. The number of hydrogen-bond donors (Lipinski definition) is 2. The van der Waals surface area contributed by atoms with Gasteiger partial charge in [0, 0.05) is 13.0 Å². The number of aliphatic hydroxyl groups is 1. The summed E-state index contributed by atoms with van der Waals surface area (Å²) in [4.78, 5) is 19.4. The SMILES string of the molecule is Cc1ccc(C2=NO[C@@H](CNC(=O)N3CCC[C@H]3CO)C2)cc1C. The maximum Gasteiger partial charge on any atom is 0.317 e. The van der Waals surface area contributed by atoms with E-state index in [-0.39, 0.29) is 24.8 Å². The van der Waals surface area contributed by atoms with Crippen molar-refractivity contribution in [1.82, 2.24) is 10.2 Å². The highest BCUT2D eigenvalue weighted by Gasteiger charge is 2.29. The molecule has 2 N–H and O–H groups in total. The van der Waals surface area contributed by atoms with Gasteiger partial charge in [-0.1, -0.05) is 17.3 Å². The van der Waals surface area contributed by atoms with Crippen molar-refractivity contribution in [2.75, 3.05) is 19.7 Å². The van der Waals surface area contributed by atoms with Crippen LogP contribution in [0, 0.1) is 13.8 Å². The molecular formula is C18H25N3O3. The number of benzene rings is 1. The van der Waals surface area contributed by atoms with E-state index in [1.807, 2.05) is 0 Å². The van der Waals surface area contributed by atoms with Crippen LogP contribution in [0.4, 0.5) is 4.79 Å². The molecule has 1 saturated heterocycles. The first-order chi connectivity index (χ1) is 11.6. The maximum atomic E-state index is 12.2. The molecule has 0 unspecified atom stereocenters. The van der Waals surface area contributed by atoms with Crippen molar-refractivity contribution in [3.63, 3.8) is 0 Å². The van der Waals surface area contributed by atoms with Gasteiger partial charge in [0.05, 0.1) is 24.9 Å². The van der Waals surface area contributed by atoms with Crippen LogP contribution in [0.1, 0.15) is 36.0 Å². The Labute approximate surface area is 142 Å². The van der Waals surface area contributed by atoms with E-state index in [0.29, 0.717) is 19.5 Å². The van der Waals surface area contributed by atoms with Crippen LogP contribution in [-0.2, 0) is 4.84 Å². The molecule has 2 aliphatic rings. The van der Waals surface area contributed by atoms with Crippen LogP contribution in [0.3, 0.4) is 0 Å². The molecule has 2 aliphatic heterocycles. The molecule has 1 aromatic carbocycles. The van der Waals surface area contributed by atoms with Gasteiger partial charge in [-0.15, -0.1) is 0 Å². The Balaban J connectivity index is 1.50. The van der Waals surface area contributed by atoms with Gasteiger partial charge >= 0.3 is 6.03 Å². The molecule has 0 radical (unpaired) electrons. The molecule has 2 amide bonds. The zero-order chi connectivity index (χ0) is 17.1. The van der Waals surface area contributed by atoms with Gasteiger partial charge < -0.3 is 20.2 Å². The molecule has 6 heteroatoms. The molecule has 24 heavy (non-hydrogen) atoms. The van der Waals surface area contributed by atoms with E-state index >= 15 is 0 Å². The third-order valence-corrected chi connectivity index (χ3v) is 4.90. The summed E-state index contributed by atoms with van der Waals surface area (Å²) in [6, 6.07) is 6.08. The number of likely N-dealkylation sites (tertiary alicyclic amines) is 1. The Morgan fingerprint density at radius 3 is 3.00 bits per heavy atom. The highest BCUT2D eigenvalue weighted by molar-refractivity contribution is 6.01. The lowest BCUT2D eigenvalue weighted by molar-refractivity contribution is 0.0837. The lowest BCUT2D eigenvalue weighted by Gasteiger charge is -2.23. The summed E-state index contributed by atoms with van der Waals surface area (Å²) in [7, 11) is 0. The average molecular weight is 331 g/mol.